The van der Waals surface area contributed by atoms with Crippen LogP contribution in [0, 0.1) is 17.7 Å². The first-order valence-electron chi connectivity index (χ1n) is 5.05. The third kappa shape index (κ3) is 1.44. The van der Waals surface area contributed by atoms with E-state index in [-0.39, 0.29) is 10.8 Å². The Morgan fingerprint density at radius 2 is 2.00 bits per heavy atom. The molecule has 0 N–H and O–H groups in total. The number of hydrogen-bond donors (Lipinski definition) is 1. The van der Waals surface area contributed by atoms with Crippen molar-refractivity contribution >= 4 is 29.9 Å². The molecule has 1 aromatic carbocycles. The molecule has 1 saturated carbocycles. The summed E-state index contributed by atoms with van der Waals surface area (Å²) < 4.78 is 13.7. The number of thiol groups is 1. The molecule has 1 saturated heterocycles. The summed E-state index contributed by atoms with van der Waals surface area (Å²) in [5, 5.41) is 0.735. The van der Waals surface area contributed by atoms with Gasteiger partial charge in [0.05, 0.1) is 10.7 Å². The fourth-order valence-electron chi connectivity index (χ4n) is 2.43. The summed E-state index contributed by atoms with van der Waals surface area (Å²) in [7, 11) is 0. The number of anilines is 1. The highest BCUT2D eigenvalue weighted by molar-refractivity contribution is 7.81. The van der Waals surface area contributed by atoms with E-state index in [0.29, 0.717) is 22.8 Å². The molecule has 80 valence electrons. The first kappa shape index (κ1) is 9.79. The highest BCUT2D eigenvalue weighted by Crippen LogP contribution is 2.50. The highest BCUT2D eigenvalue weighted by atomic mass is 35.5. The van der Waals surface area contributed by atoms with Crippen molar-refractivity contribution in [3.63, 3.8) is 0 Å². The molecule has 1 heterocycles. The lowest BCUT2D eigenvalue weighted by Gasteiger charge is -2.21. The van der Waals surface area contributed by atoms with Crippen LogP contribution in [0.15, 0.2) is 18.2 Å². The van der Waals surface area contributed by atoms with Crippen molar-refractivity contribution in [2.45, 2.75) is 5.25 Å². The van der Waals surface area contributed by atoms with Gasteiger partial charge in [-0.1, -0.05) is 17.7 Å². The van der Waals surface area contributed by atoms with Gasteiger partial charge in [0.2, 0.25) is 0 Å². The number of hydrogen-bond acceptors (Lipinski definition) is 2. The molecule has 15 heavy (non-hydrogen) atoms. The van der Waals surface area contributed by atoms with Gasteiger partial charge in [0.25, 0.3) is 0 Å². The third-order valence-electron chi connectivity index (χ3n) is 3.42. The topological polar surface area (TPSA) is 3.24 Å². The molecule has 4 heteroatoms. The van der Waals surface area contributed by atoms with Crippen LogP contribution >= 0.6 is 24.2 Å². The maximum Gasteiger partial charge on any atom is 0.165 e. The molecule has 2 atom stereocenters. The van der Waals surface area contributed by atoms with Gasteiger partial charge in [-0.3, -0.25) is 0 Å². The van der Waals surface area contributed by atoms with E-state index in [1.165, 1.54) is 0 Å². The molecule has 0 aromatic heterocycles. The van der Waals surface area contributed by atoms with Crippen LogP contribution in [0.4, 0.5) is 10.1 Å². The number of piperidine rings is 1. The number of nitrogens with zero attached hydrogens (tertiary/aromatic N) is 1. The average molecular weight is 244 g/mol. The molecule has 0 spiro atoms. The average Bonchev–Trinajstić information content (AvgIpc) is 2.66. The van der Waals surface area contributed by atoms with E-state index in [1.807, 2.05) is 0 Å². The fraction of sp³-hybridized carbons (Fsp3) is 0.455. The molecule has 0 bridgehead atoms. The lowest BCUT2D eigenvalue weighted by Crippen LogP contribution is -2.25. The second kappa shape index (κ2) is 3.29. The van der Waals surface area contributed by atoms with E-state index in [1.54, 1.807) is 18.2 Å². The monoisotopic (exact) mass is 243 g/mol. The van der Waals surface area contributed by atoms with Crippen molar-refractivity contribution in [2.24, 2.45) is 11.8 Å². The lowest BCUT2D eigenvalue weighted by molar-refractivity contribution is 0.620. The minimum Gasteiger partial charge on any atom is -0.368 e. The van der Waals surface area contributed by atoms with E-state index in [0.717, 1.165) is 13.1 Å². The number of halogens is 2. The zero-order chi connectivity index (χ0) is 10.6. The molecular weight excluding hydrogens is 233 g/mol. The zero-order valence-electron chi connectivity index (χ0n) is 8.03. The first-order valence-corrected chi connectivity index (χ1v) is 5.95. The Morgan fingerprint density at radius 1 is 1.33 bits per heavy atom. The van der Waals surface area contributed by atoms with Crippen LogP contribution in [0.25, 0.3) is 0 Å². The Kier molecular flexibility index (Phi) is 2.15. The van der Waals surface area contributed by atoms with Crippen LogP contribution in [-0.2, 0) is 0 Å². The Balaban J connectivity index is 1.86. The minimum absolute atomic E-state index is 0.204. The maximum absolute atomic E-state index is 13.7. The van der Waals surface area contributed by atoms with Gasteiger partial charge in [-0.15, -0.1) is 0 Å². The SMILES string of the molecule is Fc1c(Cl)cccc1N1CC2C(S)C2C1. The Morgan fingerprint density at radius 3 is 2.67 bits per heavy atom. The predicted molar refractivity (Wildman–Crippen MR) is 63.4 cm³/mol. The summed E-state index contributed by atoms with van der Waals surface area (Å²) in [6, 6.07) is 5.17. The second-order valence-corrected chi connectivity index (χ2v) is 5.30. The molecular formula is C11H11ClFNS. The molecule has 1 nitrogen and oxygen atoms in total. The second-order valence-electron chi connectivity index (χ2n) is 4.30. The van der Waals surface area contributed by atoms with E-state index in [4.69, 9.17) is 11.6 Å². The van der Waals surface area contributed by atoms with Crippen molar-refractivity contribution in [3.8, 4) is 0 Å². The van der Waals surface area contributed by atoms with E-state index in [9.17, 15) is 4.39 Å². The maximum atomic E-state index is 13.7. The third-order valence-corrected chi connectivity index (χ3v) is 4.48. The molecule has 3 rings (SSSR count). The van der Waals surface area contributed by atoms with Crippen molar-refractivity contribution in [1.29, 1.82) is 0 Å². The quantitative estimate of drug-likeness (QED) is 0.743. The Bertz CT molecular complexity index is 400. The Labute approximate surface area is 98.6 Å². The van der Waals surface area contributed by atoms with Gasteiger partial charge in [0.1, 0.15) is 0 Å². The number of benzene rings is 1. The summed E-state index contributed by atoms with van der Waals surface area (Å²) >= 11 is 10.2. The highest BCUT2D eigenvalue weighted by Gasteiger charge is 2.54. The van der Waals surface area contributed by atoms with E-state index < -0.39 is 0 Å². The zero-order valence-corrected chi connectivity index (χ0v) is 9.68. The van der Waals surface area contributed by atoms with Gasteiger partial charge in [-0.05, 0) is 24.0 Å². The number of fused-ring (bicyclic) bond motifs is 1. The van der Waals surface area contributed by atoms with Crippen molar-refractivity contribution in [3.05, 3.63) is 29.0 Å². The summed E-state index contributed by atoms with van der Waals surface area (Å²) in [6.07, 6.45) is 0. The predicted octanol–water partition coefficient (Wildman–Crippen LogP) is 2.84. The van der Waals surface area contributed by atoms with Crippen molar-refractivity contribution < 1.29 is 4.39 Å². The van der Waals surface area contributed by atoms with Crippen LogP contribution in [0.1, 0.15) is 0 Å². The smallest absolute Gasteiger partial charge is 0.165 e. The molecule has 1 aliphatic carbocycles. The van der Waals surface area contributed by atoms with Gasteiger partial charge in [-0.25, -0.2) is 4.39 Å². The van der Waals surface area contributed by atoms with Crippen molar-refractivity contribution in [2.75, 3.05) is 18.0 Å². The Hall–Kier alpha value is -0.410. The molecule has 1 aromatic rings. The normalized spacial score (nSPS) is 33.0. The number of rotatable bonds is 1. The summed E-state index contributed by atoms with van der Waals surface area (Å²) in [6.45, 7) is 1.83. The van der Waals surface area contributed by atoms with Gasteiger partial charge in [-0.2, -0.15) is 12.6 Å². The van der Waals surface area contributed by atoms with Crippen molar-refractivity contribution in [1.82, 2.24) is 0 Å². The lowest BCUT2D eigenvalue weighted by atomic mass is 10.2. The molecule has 0 radical (unpaired) electrons. The van der Waals surface area contributed by atoms with Gasteiger partial charge >= 0.3 is 0 Å². The van der Waals surface area contributed by atoms with Gasteiger partial charge in [0.15, 0.2) is 5.82 Å². The summed E-state index contributed by atoms with van der Waals surface area (Å²) in [5.74, 6) is 0.995. The van der Waals surface area contributed by atoms with Crippen LogP contribution < -0.4 is 4.90 Å². The molecule has 1 aliphatic heterocycles. The van der Waals surface area contributed by atoms with Crippen LogP contribution in [-0.4, -0.2) is 18.3 Å². The standard InChI is InChI=1S/C11H11ClFNS/c12-8-2-1-3-9(10(8)13)14-4-6-7(5-14)11(6)15/h1-3,6-7,11,15H,4-5H2. The molecule has 2 aliphatic rings. The largest absolute Gasteiger partial charge is 0.368 e. The van der Waals surface area contributed by atoms with Gasteiger partial charge in [0, 0.05) is 18.3 Å². The van der Waals surface area contributed by atoms with E-state index >= 15 is 0 Å². The van der Waals surface area contributed by atoms with Crippen LogP contribution in [0.3, 0.4) is 0 Å². The van der Waals surface area contributed by atoms with Crippen LogP contribution in [0.5, 0.6) is 0 Å². The molecule has 2 fully saturated rings. The van der Waals surface area contributed by atoms with Gasteiger partial charge < -0.3 is 4.90 Å². The summed E-state index contributed by atoms with van der Waals surface area (Å²) in [4.78, 5) is 2.07. The summed E-state index contributed by atoms with van der Waals surface area (Å²) in [5.41, 5.74) is 0.634. The molecule has 0 amide bonds. The first-order chi connectivity index (χ1) is 7.18. The minimum atomic E-state index is -0.295. The molecule has 2 unspecified atom stereocenters. The fourth-order valence-corrected chi connectivity index (χ4v) is 3.13. The van der Waals surface area contributed by atoms with E-state index in [2.05, 4.69) is 17.5 Å². The van der Waals surface area contributed by atoms with Crippen LogP contribution in [0.2, 0.25) is 5.02 Å².